The van der Waals surface area contributed by atoms with Crippen molar-refractivity contribution in [2.75, 3.05) is 20.8 Å². The summed E-state index contributed by atoms with van der Waals surface area (Å²) in [4.78, 5) is 4.13. The molecular weight excluding hydrogens is 264 g/mol. The molecule has 0 radical (unpaired) electrons. The zero-order valence-electron chi connectivity index (χ0n) is 13.0. The summed E-state index contributed by atoms with van der Waals surface area (Å²) in [6.07, 6.45) is 3.54. The Labute approximate surface area is 126 Å². The fourth-order valence-electron chi connectivity index (χ4n) is 2.49. The Morgan fingerprint density at radius 2 is 1.95 bits per heavy atom. The average Bonchev–Trinajstić information content (AvgIpc) is 2.53. The molecule has 0 aliphatic carbocycles. The van der Waals surface area contributed by atoms with Crippen LogP contribution in [0.3, 0.4) is 0 Å². The number of methoxy groups -OCH3 is 2. The Kier molecular flexibility index (Phi) is 5.17. The summed E-state index contributed by atoms with van der Waals surface area (Å²) in [5, 5.41) is 3.52. The molecule has 2 rings (SSSR count). The van der Waals surface area contributed by atoms with Crippen molar-refractivity contribution in [2.45, 2.75) is 19.9 Å². The predicted octanol–water partition coefficient (Wildman–Crippen LogP) is 3.11. The van der Waals surface area contributed by atoms with E-state index in [1.54, 1.807) is 26.6 Å². The van der Waals surface area contributed by atoms with Crippen molar-refractivity contribution in [3.63, 3.8) is 0 Å². The van der Waals surface area contributed by atoms with Crippen LogP contribution in [-0.4, -0.2) is 25.7 Å². The van der Waals surface area contributed by atoms with Crippen molar-refractivity contribution in [2.24, 2.45) is 0 Å². The Balaban J connectivity index is 2.48. The molecule has 1 unspecified atom stereocenters. The second-order valence-corrected chi connectivity index (χ2v) is 4.83. The quantitative estimate of drug-likeness (QED) is 0.886. The Bertz CT molecular complexity index is 599. The maximum Gasteiger partial charge on any atom is 0.142 e. The third-order valence-corrected chi connectivity index (χ3v) is 3.54. The molecule has 0 aliphatic rings. The predicted molar refractivity (Wildman–Crippen MR) is 84.0 cm³/mol. The molecular formula is C17H22N2O2. The third kappa shape index (κ3) is 3.34. The molecule has 21 heavy (non-hydrogen) atoms. The number of hydrogen-bond donors (Lipinski definition) is 1. The molecule has 1 atom stereocenters. The first-order valence-corrected chi connectivity index (χ1v) is 7.07. The lowest BCUT2D eigenvalue weighted by Crippen LogP contribution is -2.23. The van der Waals surface area contributed by atoms with Crippen LogP contribution in [0.5, 0.6) is 11.5 Å². The van der Waals surface area contributed by atoms with E-state index in [0.717, 1.165) is 23.6 Å². The number of ether oxygens (including phenoxy) is 2. The molecule has 1 N–H and O–H groups in total. The van der Waals surface area contributed by atoms with Crippen LogP contribution in [-0.2, 0) is 0 Å². The smallest absolute Gasteiger partial charge is 0.142 e. The van der Waals surface area contributed by atoms with Crippen LogP contribution in [0.15, 0.2) is 36.7 Å². The lowest BCUT2D eigenvalue weighted by atomic mass is 9.94. The topological polar surface area (TPSA) is 43.4 Å². The summed E-state index contributed by atoms with van der Waals surface area (Å²) < 4.78 is 10.7. The van der Waals surface area contributed by atoms with Gasteiger partial charge in [-0.3, -0.25) is 4.98 Å². The molecule has 0 aliphatic heterocycles. The van der Waals surface area contributed by atoms with E-state index >= 15 is 0 Å². The van der Waals surface area contributed by atoms with Crippen LogP contribution in [0, 0.1) is 6.92 Å². The molecule has 1 heterocycles. The Morgan fingerprint density at radius 1 is 1.14 bits per heavy atom. The van der Waals surface area contributed by atoms with Gasteiger partial charge in [0.05, 0.1) is 26.5 Å². The highest BCUT2D eigenvalue weighted by Gasteiger charge is 2.19. The highest BCUT2D eigenvalue weighted by atomic mass is 16.5. The van der Waals surface area contributed by atoms with E-state index in [-0.39, 0.29) is 6.04 Å². The van der Waals surface area contributed by atoms with Gasteiger partial charge in [-0.1, -0.05) is 13.0 Å². The highest BCUT2D eigenvalue weighted by molar-refractivity contribution is 5.44. The Morgan fingerprint density at radius 3 is 2.57 bits per heavy atom. The number of aromatic nitrogens is 1. The minimum Gasteiger partial charge on any atom is -0.497 e. The first kappa shape index (κ1) is 15.3. The molecule has 1 aromatic carbocycles. The molecule has 0 fully saturated rings. The zero-order valence-corrected chi connectivity index (χ0v) is 13.0. The van der Waals surface area contributed by atoms with Gasteiger partial charge in [-0.15, -0.1) is 0 Å². The van der Waals surface area contributed by atoms with Crippen LogP contribution < -0.4 is 14.8 Å². The summed E-state index contributed by atoms with van der Waals surface area (Å²) in [7, 11) is 3.35. The molecule has 0 spiro atoms. The van der Waals surface area contributed by atoms with Crippen molar-refractivity contribution >= 4 is 0 Å². The summed E-state index contributed by atoms with van der Waals surface area (Å²) in [5.41, 5.74) is 3.48. The number of benzene rings is 1. The van der Waals surface area contributed by atoms with Crippen LogP contribution in [0.4, 0.5) is 0 Å². The van der Waals surface area contributed by atoms with Crippen molar-refractivity contribution < 1.29 is 9.47 Å². The van der Waals surface area contributed by atoms with E-state index in [1.807, 2.05) is 18.2 Å². The lowest BCUT2D eigenvalue weighted by Gasteiger charge is -2.23. The molecule has 0 saturated carbocycles. The van der Waals surface area contributed by atoms with Crippen molar-refractivity contribution in [3.05, 3.63) is 53.3 Å². The van der Waals surface area contributed by atoms with Crippen LogP contribution >= 0.6 is 0 Å². The number of hydrogen-bond acceptors (Lipinski definition) is 4. The summed E-state index contributed by atoms with van der Waals surface area (Å²) >= 11 is 0. The normalized spacial score (nSPS) is 12.0. The van der Waals surface area contributed by atoms with Crippen LogP contribution in [0.1, 0.15) is 29.7 Å². The summed E-state index contributed by atoms with van der Waals surface area (Å²) in [6.45, 7) is 5.05. The number of rotatable bonds is 6. The standard InChI is InChI=1S/C17H22N2O2/c1-5-19-17(15-8-9-18-11-16(15)21-4)14-7-6-13(20-3)10-12(14)2/h6-11,17,19H,5H2,1-4H3. The van der Waals surface area contributed by atoms with Gasteiger partial charge >= 0.3 is 0 Å². The largest absolute Gasteiger partial charge is 0.497 e. The first-order valence-electron chi connectivity index (χ1n) is 7.07. The van der Waals surface area contributed by atoms with Gasteiger partial charge in [0.1, 0.15) is 11.5 Å². The molecule has 0 saturated heterocycles. The molecule has 0 bridgehead atoms. The van der Waals surface area contributed by atoms with E-state index in [1.165, 1.54) is 11.1 Å². The minimum atomic E-state index is 0.0684. The van der Waals surface area contributed by atoms with Gasteiger partial charge in [-0.2, -0.15) is 0 Å². The van der Waals surface area contributed by atoms with E-state index in [2.05, 4.69) is 30.2 Å². The maximum atomic E-state index is 5.45. The van der Waals surface area contributed by atoms with Crippen LogP contribution in [0.2, 0.25) is 0 Å². The third-order valence-electron chi connectivity index (χ3n) is 3.54. The Hall–Kier alpha value is -2.07. The fourth-order valence-corrected chi connectivity index (χ4v) is 2.49. The van der Waals surface area contributed by atoms with E-state index in [0.29, 0.717) is 0 Å². The first-order chi connectivity index (χ1) is 10.2. The fraction of sp³-hybridized carbons (Fsp3) is 0.353. The van der Waals surface area contributed by atoms with Gasteiger partial charge < -0.3 is 14.8 Å². The second-order valence-electron chi connectivity index (χ2n) is 4.83. The molecule has 4 nitrogen and oxygen atoms in total. The summed E-state index contributed by atoms with van der Waals surface area (Å²) in [5.74, 6) is 1.66. The van der Waals surface area contributed by atoms with Crippen molar-refractivity contribution in [3.8, 4) is 11.5 Å². The van der Waals surface area contributed by atoms with Gasteiger partial charge in [-0.05, 0) is 42.8 Å². The van der Waals surface area contributed by atoms with E-state index in [4.69, 9.17) is 9.47 Å². The minimum absolute atomic E-state index is 0.0684. The average molecular weight is 286 g/mol. The van der Waals surface area contributed by atoms with E-state index in [9.17, 15) is 0 Å². The molecule has 1 aromatic heterocycles. The van der Waals surface area contributed by atoms with Gasteiger partial charge in [-0.25, -0.2) is 0 Å². The molecule has 4 heteroatoms. The monoisotopic (exact) mass is 286 g/mol. The summed E-state index contributed by atoms with van der Waals surface area (Å²) in [6, 6.07) is 8.20. The number of nitrogens with one attached hydrogen (secondary N) is 1. The number of nitrogens with zero attached hydrogens (tertiary/aromatic N) is 1. The molecule has 2 aromatic rings. The van der Waals surface area contributed by atoms with Crippen LogP contribution in [0.25, 0.3) is 0 Å². The van der Waals surface area contributed by atoms with Gasteiger partial charge in [0.25, 0.3) is 0 Å². The van der Waals surface area contributed by atoms with Gasteiger partial charge in [0.15, 0.2) is 0 Å². The van der Waals surface area contributed by atoms with Gasteiger partial charge in [0, 0.05) is 11.8 Å². The molecule has 112 valence electrons. The van der Waals surface area contributed by atoms with Gasteiger partial charge in [0.2, 0.25) is 0 Å². The number of pyridine rings is 1. The van der Waals surface area contributed by atoms with E-state index < -0.39 is 0 Å². The van der Waals surface area contributed by atoms with Crippen molar-refractivity contribution in [1.29, 1.82) is 0 Å². The lowest BCUT2D eigenvalue weighted by molar-refractivity contribution is 0.402. The maximum absolute atomic E-state index is 5.45. The highest BCUT2D eigenvalue weighted by Crippen LogP contribution is 2.32. The molecule has 0 amide bonds. The SMILES string of the molecule is CCNC(c1ccc(OC)cc1C)c1ccncc1OC. The second kappa shape index (κ2) is 7.09. The van der Waals surface area contributed by atoms with Crippen molar-refractivity contribution in [1.82, 2.24) is 10.3 Å². The number of aryl methyl sites for hydroxylation is 1. The zero-order chi connectivity index (χ0) is 15.2.